The molecule has 0 saturated carbocycles. The molecule has 1 fully saturated rings. The monoisotopic (exact) mass is 266 g/mol. The molecule has 6 heteroatoms. The zero-order valence-electron chi connectivity index (χ0n) is 11.1. The number of carboxylic acids is 1. The summed E-state index contributed by atoms with van der Waals surface area (Å²) in [5.74, 6) is -1.11. The number of carbonyl (C=O) groups is 2. The normalized spacial score (nSPS) is 19.6. The predicted octanol–water partition coefficient (Wildman–Crippen LogP) is 1.00. The Morgan fingerprint density at radius 2 is 2.16 bits per heavy atom. The fourth-order valence-electron chi connectivity index (χ4n) is 2.40. The van der Waals surface area contributed by atoms with Crippen molar-refractivity contribution in [3.05, 3.63) is 23.7 Å². The Balaban J connectivity index is 1.96. The van der Waals surface area contributed by atoms with Crippen LogP contribution in [0.1, 0.15) is 27.5 Å². The zero-order chi connectivity index (χ0) is 14.0. The van der Waals surface area contributed by atoms with Crippen LogP contribution in [0.4, 0.5) is 0 Å². The molecule has 0 aromatic carbocycles. The highest BCUT2D eigenvalue weighted by atomic mass is 16.4. The van der Waals surface area contributed by atoms with Gasteiger partial charge in [-0.3, -0.25) is 4.79 Å². The number of amides is 1. The predicted molar refractivity (Wildman–Crippen MR) is 68.2 cm³/mol. The van der Waals surface area contributed by atoms with E-state index in [1.54, 1.807) is 11.9 Å². The first-order valence-electron chi connectivity index (χ1n) is 6.24. The van der Waals surface area contributed by atoms with Crippen LogP contribution in [0.5, 0.6) is 0 Å². The summed E-state index contributed by atoms with van der Waals surface area (Å²) in [6, 6.07) is 2.70. The third-order valence-electron chi connectivity index (χ3n) is 3.40. The van der Waals surface area contributed by atoms with Gasteiger partial charge in [-0.25, -0.2) is 4.79 Å². The van der Waals surface area contributed by atoms with Crippen molar-refractivity contribution in [1.82, 2.24) is 9.80 Å². The number of nitrogens with zero attached hydrogens (tertiary/aromatic N) is 2. The Morgan fingerprint density at radius 1 is 1.47 bits per heavy atom. The molecule has 1 amide bonds. The maximum absolute atomic E-state index is 12.1. The number of likely N-dealkylation sites (tertiary alicyclic amines) is 1. The first-order valence-corrected chi connectivity index (χ1v) is 6.24. The van der Waals surface area contributed by atoms with Crippen LogP contribution in [0, 0.1) is 5.92 Å². The van der Waals surface area contributed by atoms with Crippen LogP contribution in [0.15, 0.2) is 16.5 Å². The summed E-state index contributed by atoms with van der Waals surface area (Å²) in [6.45, 7) is 2.69. The van der Waals surface area contributed by atoms with Crippen LogP contribution in [-0.2, 0) is 0 Å². The molecule has 2 rings (SSSR count). The van der Waals surface area contributed by atoms with Gasteiger partial charge in [0.15, 0.2) is 5.76 Å². The Morgan fingerprint density at radius 3 is 2.68 bits per heavy atom. The second kappa shape index (κ2) is 5.44. The lowest BCUT2D eigenvalue weighted by Crippen LogP contribution is -2.32. The quantitative estimate of drug-likeness (QED) is 0.880. The van der Waals surface area contributed by atoms with Gasteiger partial charge in [-0.15, -0.1) is 0 Å². The topological polar surface area (TPSA) is 74.0 Å². The fraction of sp³-hybridized carbons (Fsp3) is 0.538. The van der Waals surface area contributed by atoms with Crippen molar-refractivity contribution < 1.29 is 19.1 Å². The van der Waals surface area contributed by atoms with Crippen LogP contribution < -0.4 is 0 Å². The lowest BCUT2D eigenvalue weighted by Gasteiger charge is -2.20. The first-order chi connectivity index (χ1) is 8.97. The maximum atomic E-state index is 12.1. The maximum Gasteiger partial charge on any atom is 0.371 e. The van der Waals surface area contributed by atoms with Crippen LogP contribution in [0.3, 0.4) is 0 Å². The van der Waals surface area contributed by atoms with Gasteiger partial charge in [0.1, 0.15) is 0 Å². The second-order valence-electron chi connectivity index (χ2n) is 5.07. The molecular formula is C13H18N2O4. The van der Waals surface area contributed by atoms with Crippen molar-refractivity contribution in [2.24, 2.45) is 5.92 Å². The molecule has 1 unspecified atom stereocenters. The average molecular weight is 266 g/mol. The standard InChI is InChI=1S/C13H18N2O4/c1-14-6-5-9(7-14)8-15(2)12(16)10-3-4-11(19-10)13(17)18/h3-4,9H,5-8H2,1-2H3,(H,17,18). The van der Waals surface area contributed by atoms with Crippen LogP contribution >= 0.6 is 0 Å². The van der Waals surface area contributed by atoms with Crippen molar-refractivity contribution in [2.45, 2.75) is 6.42 Å². The van der Waals surface area contributed by atoms with Crippen molar-refractivity contribution in [2.75, 3.05) is 33.7 Å². The number of furan rings is 1. The van der Waals surface area contributed by atoms with Crippen molar-refractivity contribution in [3.63, 3.8) is 0 Å². The van der Waals surface area contributed by atoms with Gasteiger partial charge in [-0.1, -0.05) is 0 Å². The molecule has 1 atom stereocenters. The van der Waals surface area contributed by atoms with Crippen LogP contribution in [0.2, 0.25) is 0 Å². The second-order valence-corrected chi connectivity index (χ2v) is 5.07. The third kappa shape index (κ3) is 3.14. The van der Waals surface area contributed by atoms with E-state index in [1.807, 2.05) is 0 Å². The SMILES string of the molecule is CN1CCC(CN(C)C(=O)c2ccc(C(=O)O)o2)C1. The minimum Gasteiger partial charge on any atom is -0.475 e. The van der Waals surface area contributed by atoms with E-state index in [9.17, 15) is 9.59 Å². The van der Waals surface area contributed by atoms with E-state index in [1.165, 1.54) is 12.1 Å². The summed E-state index contributed by atoms with van der Waals surface area (Å²) in [4.78, 5) is 26.6. The highest BCUT2D eigenvalue weighted by Gasteiger charge is 2.24. The van der Waals surface area contributed by atoms with E-state index in [0.29, 0.717) is 12.5 Å². The van der Waals surface area contributed by atoms with E-state index in [4.69, 9.17) is 9.52 Å². The molecule has 1 aliphatic heterocycles. The largest absolute Gasteiger partial charge is 0.475 e. The summed E-state index contributed by atoms with van der Waals surface area (Å²) >= 11 is 0. The molecule has 0 aliphatic carbocycles. The minimum absolute atomic E-state index is 0.0752. The summed E-state index contributed by atoms with van der Waals surface area (Å²) in [5.41, 5.74) is 0. The number of carbonyl (C=O) groups excluding carboxylic acids is 1. The minimum atomic E-state index is -1.17. The van der Waals surface area contributed by atoms with Gasteiger partial charge >= 0.3 is 5.97 Å². The van der Waals surface area contributed by atoms with E-state index in [0.717, 1.165) is 19.5 Å². The number of hydrogen-bond donors (Lipinski definition) is 1. The van der Waals surface area contributed by atoms with Gasteiger partial charge in [-0.05, 0) is 38.1 Å². The third-order valence-corrected chi connectivity index (χ3v) is 3.40. The molecule has 0 radical (unpaired) electrons. The van der Waals surface area contributed by atoms with Crippen molar-refractivity contribution >= 4 is 11.9 Å². The molecular weight excluding hydrogens is 248 g/mol. The van der Waals surface area contributed by atoms with Gasteiger partial charge < -0.3 is 19.3 Å². The molecule has 1 aliphatic rings. The van der Waals surface area contributed by atoms with Crippen LogP contribution in [0.25, 0.3) is 0 Å². The molecule has 1 aromatic heterocycles. The lowest BCUT2D eigenvalue weighted by molar-refractivity contribution is 0.0652. The summed E-state index contributed by atoms with van der Waals surface area (Å²) in [7, 11) is 3.77. The lowest BCUT2D eigenvalue weighted by atomic mass is 10.1. The highest BCUT2D eigenvalue weighted by molar-refractivity contribution is 5.93. The molecule has 19 heavy (non-hydrogen) atoms. The Bertz CT molecular complexity index is 483. The van der Waals surface area contributed by atoms with E-state index in [2.05, 4.69) is 11.9 Å². The molecule has 0 bridgehead atoms. The van der Waals surface area contributed by atoms with Gasteiger partial charge in [0, 0.05) is 20.1 Å². The molecule has 1 saturated heterocycles. The number of rotatable bonds is 4. The van der Waals surface area contributed by atoms with E-state index >= 15 is 0 Å². The van der Waals surface area contributed by atoms with E-state index < -0.39 is 5.97 Å². The number of aromatic carboxylic acids is 1. The summed E-state index contributed by atoms with van der Waals surface area (Å²) in [5, 5.41) is 8.75. The van der Waals surface area contributed by atoms with Gasteiger partial charge in [0.05, 0.1) is 0 Å². The molecule has 6 nitrogen and oxygen atoms in total. The molecule has 0 spiro atoms. The zero-order valence-corrected chi connectivity index (χ0v) is 11.1. The van der Waals surface area contributed by atoms with Crippen LogP contribution in [-0.4, -0.2) is 60.5 Å². The fourth-order valence-corrected chi connectivity index (χ4v) is 2.40. The molecule has 1 N–H and O–H groups in total. The van der Waals surface area contributed by atoms with Gasteiger partial charge in [0.2, 0.25) is 5.76 Å². The first kappa shape index (κ1) is 13.6. The smallest absolute Gasteiger partial charge is 0.371 e. The van der Waals surface area contributed by atoms with Crippen molar-refractivity contribution in [3.8, 4) is 0 Å². The van der Waals surface area contributed by atoms with E-state index in [-0.39, 0.29) is 17.4 Å². The number of hydrogen-bond acceptors (Lipinski definition) is 4. The Kier molecular flexibility index (Phi) is 3.90. The van der Waals surface area contributed by atoms with Crippen molar-refractivity contribution in [1.29, 1.82) is 0 Å². The molecule has 104 valence electrons. The molecule has 2 heterocycles. The summed E-state index contributed by atoms with van der Waals surface area (Å²) in [6.07, 6.45) is 1.08. The Labute approximate surface area is 111 Å². The van der Waals surface area contributed by atoms with Gasteiger partial charge in [-0.2, -0.15) is 0 Å². The summed E-state index contributed by atoms with van der Waals surface area (Å²) < 4.78 is 5.01. The average Bonchev–Trinajstić information content (AvgIpc) is 2.97. The Hall–Kier alpha value is -1.82. The number of carboxylic acid groups (broad SMARTS) is 1. The molecule has 1 aromatic rings. The highest BCUT2D eigenvalue weighted by Crippen LogP contribution is 2.17. The van der Waals surface area contributed by atoms with Gasteiger partial charge in [0.25, 0.3) is 5.91 Å².